The minimum atomic E-state index is -1.65. The first-order valence-corrected chi connectivity index (χ1v) is 19.4. The molecule has 1 amide bonds. The minimum Gasteiger partial charge on any atom is -0.394 e. The lowest BCUT2D eigenvalue weighted by Crippen LogP contribution is -2.60. The number of ether oxygens (including phenoxy) is 2. The number of carbonyl (C=O) groups excluding carboxylic acids is 1. The molecule has 0 aromatic rings. The zero-order valence-electron chi connectivity index (χ0n) is 30.2. The number of hydrogen-bond acceptors (Lipinski definition) is 10. The van der Waals surface area contributed by atoms with E-state index in [9.17, 15) is 40.5 Å². The van der Waals surface area contributed by atoms with Crippen LogP contribution in [0.3, 0.4) is 0 Å². The molecule has 11 heteroatoms. The quantitative estimate of drug-likeness (QED) is 0.0485. The van der Waals surface area contributed by atoms with Gasteiger partial charge >= 0.3 is 0 Å². The SMILES string of the molecule is CCCCCCCCCCCCCCCCCC(O)C(=O)NC(COC1OC(CO)C(O)C(O)C1O)C(O)C(O)CCCCCCCC. The summed E-state index contributed by atoms with van der Waals surface area (Å²) in [5.74, 6) is -0.700. The van der Waals surface area contributed by atoms with Crippen molar-refractivity contribution in [2.24, 2.45) is 0 Å². The van der Waals surface area contributed by atoms with Crippen LogP contribution in [0, 0.1) is 0 Å². The number of amides is 1. The Kier molecular flexibility index (Phi) is 27.0. The van der Waals surface area contributed by atoms with E-state index in [0.29, 0.717) is 19.3 Å². The maximum Gasteiger partial charge on any atom is 0.249 e. The average molecular weight is 692 g/mol. The Labute approximate surface area is 290 Å². The van der Waals surface area contributed by atoms with Crippen molar-refractivity contribution >= 4 is 5.91 Å². The third-order valence-electron chi connectivity index (χ3n) is 9.66. The summed E-state index contributed by atoms with van der Waals surface area (Å²) in [4.78, 5) is 12.9. The van der Waals surface area contributed by atoms with Crippen LogP contribution >= 0.6 is 0 Å². The van der Waals surface area contributed by atoms with Crippen molar-refractivity contribution in [3.63, 3.8) is 0 Å². The van der Waals surface area contributed by atoms with E-state index < -0.39 is 74.2 Å². The fraction of sp³-hybridized carbons (Fsp3) is 0.973. The number of unbranched alkanes of at least 4 members (excludes halogenated alkanes) is 19. The van der Waals surface area contributed by atoms with Gasteiger partial charge in [-0.2, -0.15) is 0 Å². The van der Waals surface area contributed by atoms with Crippen LogP contribution in [0.15, 0.2) is 0 Å². The summed E-state index contributed by atoms with van der Waals surface area (Å²) in [7, 11) is 0. The van der Waals surface area contributed by atoms with Crippen LogP contribution in [0.1, 0.15) is 162 Å². The third kappa shape index (κ3) is 19.5. The molecule has 0 saturated carbocycles. The Balaban J connectivity index is 2.48. The molecular formula is C37H73NO10. The van der Waals surface area contributed by atoms with Gasteiger partial charge < -0.3 is 50.5 Å². The average Bonchev–Trinajstić information content (AvgIpc) is 3.08. The number of aliphatic hydroxyl groups excluding tert-OH is 7. The van der Waals surface area contributed by atoms with Crippen LogP contribution in [0.25, 0.3) is 0 Å². The van der Waals surface area contributed by atoms with Crippen LogP contribution in [0.5, 0.6) is 0 Å². The normalized spacial score (nSPS) is 23.9. The van der Waals surface area contributed by atoms with Crippen molar-refractivity contribution in [2.45, 2.75) is 217 Å². The lowest BCUT2D eigenvalue weighted by Gasteiger charge is -2.40. The summed E-state index contributed by atoms with van der Waals surface area (Å²) < 4.78 is 11.0. The molecule has 9 atom stereocenters. The van der Waals surface area contributed by atoms with E-state index in [1.165, 1.54) is 70.6 Å². The second-order valence-electron chi connectivity index (χ2n) is 14.0. The molecule has 0 spiro atoms. The summed E-state index contributed by atoms with van der Waals surface area (Å²) in [5, 5.41) is 74.8. The van der Waals surface area contributed by atoms with Gasteiger partial charge in [0.1, 0.15) is 36.6 Å². The van der Waals surface area contributed by atoms with Crippen molar-refractivity contribution in [3.05, 3.63) is 0 Å². The lowest BCUT2D eigenvalue weighted by molar-refractivity contribution is -0.303. The van der Waals surface area contributed by atoms with Crippen molar-refractivity contribution in [1.82, 2.24) is 5.32 Å². The van der Waals surface area contributed by atoms with Crippen molar-refractivity contribution in [3.8, 4) is 0 Å². The summed E-state index contributed by atoms with van der Waals surface area (Å²) in [5.41, 5.74) is 0. The Morgan fingerprint density at radius 3 is 1.54 bits per heavy atom. The topological polar surface area (TPSA) is 189 Å². The smallest absolute Gasteiger partial charge is 0.249 e. The zero-order valence-corrected chi connectivity index (χ0v) is 30.2. The molecule has 48 heavy (non-hydrogen) atoms. The summed E-state index contributed by atoms with van der Waals surface area (Å²) >= 11 is 0. The molecule has 9 unspecified atom stereocenters. The molecule has 1 aliphatic rings. The van der Waals surface area contributed by atoms with Gasteiger partial charge in [0, 0.05) is 0 Å². The minimum absolute atomic E-state index is 0.265. The standard InChI is InChI=1S/C37H73NO10/c1-3-5-7-9-11-12-13-14-15-16-17-18-19-21-23-25-30(41)36(46)38-28(32(42)29(40)24-22-20-10-8-6-4-2)27-47-37-35(45)34(44)33(43)31(26-39)48-37/h28-35,37,39-45H,3-27H2,1-2H3,(H,38,46). The second-order valence-corrected chi connectivity index (χ2v) is 14.0. The Bertz CT molecular complexity index is 760. The highest BCUT2D eigenvalue weighted by Gasteiger charge is 2.44. The number of nitrogens with one attached hydrogen (secondary N) is 1. The Morgan fingerprint density at radius 1 is 0.646 bits per heavy atom. The second kappa shape index (κ2) is 28.8. The summed E-state index contributed by atoms with van der Waals surface area (Å²) in [6.07, 6.45) is 13.4. The van der Waals surface area contributed by atoms with Gasteiger partial charge in [0.15, 0.2) is 6.29 Å². The fourth-order valence-corrected chi connectivity index (χ4v) is 6.32. The first-order chi connectivity index (χ1) is 23.2. The highest BCUT2D eigenvalue weighted by molar-refractivity contribution is 5.80. The van der Waals surface area contributed by atoms with Gasteiger partial charge in [0.2, 0.25) is 5.91 Å². The number of carbonyl (C=O) groups is 1. The van der Waals surface area contributed by atoms with Crippen LogP contribution in [-0.4, -0.2) is 110 Å². The van der Waals surface area contributed by atoms with Crippen molar-refractivity contribution in [2.75, 3.05) is 13.2 Å². The van der Waals surface area contributed by atoms with Crippen LogP contribution < -0.4 is 5.32 Å². The molecule has 11 nitrogen and oxygen atoms in total. The van der Waals surface area contributed by atoms with Crippen molar-refractivity contribution < 1.29 is 50.0 Å². The van der Waals surface area contributed by atoms with Gasteiger partial charge in [-0.25, -0.2) is 0 Å². The molecule has 0 aliphatic carbocycles. The fourth-order valence-electron chi connectivity index (χ4n) is 6.32. The van der Waals surface area contributed by atoms with Gasteiger partial charge in [-0.05, 0) is 12.8 Å². The molecule has 8 N–H and O–H groups in total. The first-order valence-electron chi connectivity index (χ1n) is 19.4. The zero-order chi connectivity index (χ0) is 35.6. The van der Waals surface area contributed by atoms with E-state index in [4.69, 9.17) is 9.47 Å². The molecule has 1 fully saturated rings. The van der Waals surface area contributed by atoms with Gasteiger partial charge in [-0.15, -0.1) is 0 Å². The maximum absolute atomic E-state index is 12.9. The monoisotopic (exact) mass is 692 g/mol. The molecule has 286 valence electrons. The third-order valence-corrected chi connectivity index (χ3v) is 9.66. The molecule has 0 aromatic heterocycles. The van der Waals surface area contributed by atoms with E-state index in [1.54, 1.807) is 0 Å². The van der Waals surface area contributed by atoms with E-state index in [2.05, 4.69) is 19.2 Å². The number of rotatable bonds is 31. The molecule has 1 saturated heterocycles. The van der Waals surface area contributed by atoms with Gasteiger partial charge in [-0.1, -0.05) is 149 Å². The lowest BCUT2D eigenvalue weighted by atomic mass is 9.98. The highest BCUT2D eigenvalue weighted by atomic mass is 16.7. The molecule has 1 aliphatic heterocycles. The van der Waals surface area contributed by atoms with Gasteiger partial charge in [0.05, 0.1) is 25.4 Å². The highest BCUT2D eigenvalue weighted by Crippen LogP contribution is 2.23. The van der Waals surface area contributed by atoms with Gasteiger partial charge in [0.25, 0.3) is 0 Å². The van der Waals surface area contributed by atoms with Crippen LogP contribution in [0.2, 0.25) is 0 Å². The first kappa shape index (κ1) is 45.1. The van der Waals surface area contributed by atoms with E-state index in [1.807, 2.05) is 0 Å². The molecule has 1 rings (SSSR count). The van der Waals surface area contributed by atoms with E-state index in [-0.39, 0.29) is 6.42 Å². The molecule has 0 bridgehead atoms. The van der Waals surface area contributed by atoms with E-state index >= 15 is 0 Å². The Morgan fingerprint density at radius 2 is 1.08 bits per heavy atom. The van der Waals surface area contributed by atoms with Crippen molar-refractivity contribution in [1.29, 1.82) is 0 Å². The van der Waals surface area contributed by atoms with Crippen LogP contribution in [-0.2, 0) is 14.3 Å². The summed E-state index contributed by atoms with van der Waals surface area (Å²) in [6, 6.07) is -1.16. The van der Waals surface area contributed by atoms with Gasteiger partial charge in [-0.3, -0.25) is 4.79 Å². The molecular weight excluding hydrogens is 618 g/mol. The van der Waals surface area contributed by atoms with Crippen LogP contribution in [0.4, 0.5) is 0 Å². The molecule has 1 heterocycles. The predicted molar refractivity (Wildman–Crippen MR) is 187 cm³/mol. The Hall–Kier alpha value is -0.890. The van der Waals surface area contributed by atoms with E-state index in [0.717, 1.165) is 51.4 Å². The molecule has 0 radical (unpaired) electrons. The number of aliphatic hydroxyl groups is 7. The largest absolute Gasteiger partial charge is 0.394 e. The predicted octanol–water partition coefficient (Wildman–Crippen LogP) is 4.38. The summed E-state index contributed by atoms with van der Waals surface area (Å²) in [6.45, 7) is 3.33. The maximum atomic E-state index is 12.9. The molecule has 0 aromatic carbocycles. The number of hydrogen-bond donors (Lipinski definition) is 8.